The molecule has 0 bridgehead atoms. The number of aliphatic carboxylic acids is 1. The van der Waals surface area contributed by atoms with Crippen molar-refractivity contribution in [3.8, 4) is 0 Å². The molecule has 0 spiro atoms. The van der Waals surface area contributed by atoms with Crippen LogP contribution in [-0.2, 0) is 15.3 Å². The van der Waals surface area contributed by atoms with E-state index < -0.39 is 12.0 Å². The molecule has 1 amide bonds. The highest BCUT2D eigenvalue weighted by molar-refractivity contribution is 8.04. The van der Waals surface area contributed by atoms with E-state index in [-0.39, 0.29) is 11.3 Å². The number of benzene rings is 1. The summed E-state index contributed by atoms with van der Waals surface area (Å²) in [6, 6.07) is 9.41. The van der Waals surface area contributed by atoms with Crippen molar-refractivity contribution in [2.75, 3.05) is 5.75 Å². The second kappa shape index (κ2) is 6.15. The first kappa shape index (κ1) is 14.5. The average molecular weight is 321 g/mol. The number of carboxylic acids is 1. The van der Waals surface area contributed by atoms with Crippen LogP contribution in [0.3, 0.4) is 0 Å². The van der Waals surface area contributed by atoms with Gasteiger partial charge in [-0.1, -0.05) is 36.4 Å². The molecule has 0 radical (unpaired) electrons. The van der Waals surface area contributed by atoms with Crippen molar-refractivity contribution in [1.82, 2.24) is 4.90 Å². The highest BCUT2D eigenvalue weighted by Crippen LogP contribution is 2.46. The number of amides is 1. The van der Waals surface area contributed by atoms with Gasteiger partial charge in [0.1, 0.15) is 0 Å². The third kappa shape index (κ3) is 2.96. The van der Waals surface area contributed by atoms with Crippen molar-refractivity contribution in [3.63, 3.8) is 0 Å². The van der Waals surface area contributed by atoms with Gasteiger partial charge in [0, 0.05) is 16.4 Å². The molecular formula is C15H15NO3S2. The third-order valence-corrected chi connectivity index (χ3v) is 5.78. The zero-order valence-corrected chi connectivity index (χ0v) is 12.9. The van der Waals surface area contributed by atoms with Gasteiger partial charge in [-0.3, -0.25) is 4.79 Å². The van der Waals surface area contributed by atoms with E-state index in [1.54, 1.807) is 11.8 Å². The highest BCUT2D eigenvalue weighted by Gasteiger charge is 2.52. The lowest BCUT2D eigenvalue weighted by molar-refractivity contribution is -0.154. The monoisotopic (exact) mass is 321 g/mol. The van der Waals surface area contributed by atoms with Gasteiger partial charge >= 0.3 is 5.97 Å². The molecule has 2 unspecified atom stereocenters. The molecule has 1 N–H and O–H groups in total. The molecule has 2 saturated heterocycles. The van der Waals surface area contributed by atoms with E-state index in [9.17, 15) is 14.7 Å². The second-order valence-corrected chi connectivity index (χ2v) is 7.21. The maximum atomic E-state index is 11.5. The molecule has 2 atom stereocenters. The average Bonchev–Trinajstić information content (AvgIpc) is 2.77. The maximum Gasteiger partial charge on any atom is 0.331 e. The number of hydrogen-bond acceptors (Lipinski definition) is 4. The van der Waals surface area contributed by atoms with E-state index in [4.69, 9.17) is 0 Å². The van der Waals surface area contributed by atoms with Crippen LogP contribution in [0.5, 0.6) is 0 Å². The molecule has 2 heterocycles. The smallest absolute Gasteiger partial charge is 0.331 e. The van der Waals surface area contributed by atoms with Crippen molar-refractivity contribution >= 4 is 35.4 Å². The number of nitrogens with zero attached hydrogens (tertiary/aromatic N) is 1. The number of rotatable bonds is 5. The molecule has 110 valence electrons. The van der Waals surface area contributed by atoms with E-state index >= 15 is 0 Å². The van der Waals surface area contributed by atoms with Gasteiger partial charge in [0.2, 0.25) is 5.91 Å². The molecule has 21 heavy (non-hydrogen) atoms. The van der Waals surface area contributed by atoms with Crippen LogP contribution < -0.4 is 0 Å². The topological polar surface area (TPSA) is 57.6 Å². The summed E-state index contributed by atoms with van der Waals surface area (Å²) in [5, 5.41) is 9.33. The molecule has 6 heteroatoms. The minimum atomic E-state index is -0.933. The Morgan fingerprint density at radius 1 is 1.43 bits per heavy atom. The van der Waals surface area contributed by atoms with Crippen LogP contribution >= 0.6 is 23.5 Å². The van der Waals surface area contributed by atoms with Crippen molar-refractivity contribution < 1.29 is 14.7 Å². The Kier molecular flexibility index (Phi) is 4.26. The van der Waals surface area contributed by atoms with Gasteiger partial charge in [-0.05, 0) is 5.56 Å². The zero-order chi connectivity index (χ0) is 14.8. The Labute approximate surface area is 131 Å². The summed E-state index contributed by atoms with van der Waals surface area (Å²) in [6.07, 6.45) is 2.42. The summed E-state index contributed by atoms with van der Waals surface area (Å²) in [5.74, 6) is 0.673. The lowest BCUT2D eigenvalue weighted by Crippen LogP contribution is -2.53. The Morgan fingerprint density at radius 3 is 2.86 bits per heavy atom. The molecule has 0 saturated carbocycles. The Morgan fingerprint density at radius 2 is 2.19 bits per heavy atom. The van der Waals surface area contributed by atoms with Crippen LogP contribution in [0.15, 0.2) is 41.3 Å². The normalized spacial score (nSPS) is 25.8. The molecule has 2 fully saturated rings. The first-order valence-corrected chi connectivity index (χ1v) is 8.72. The van der Waals surface area contributed by atoms with Crippen LogP contribution in [0.2, 0.25) is 0 Å². The van der Waals surface area contributed by atoms with Gasteiger partial charge in [-0.2, -0.15) is 11.8 Å². The van der Waals surface area contributed by atoms with Crippen molar-refractivity contribution in [1.29, 1.82) is 0 Å². The van der Waals surface area contributed by atoms with Crippen molar-refractivity contribution in [3.05, 3.63) is 46.9 Å². The Hall–Kier alpha value is -1.40. The minimum absolute atomic E-state index is 0.0315. The summed E-state index contributed by atoms with van der Waals surface area (Å²) >= 11 is 3.26. The third-order valence-electron chi connectivity index (χ3n) is 3.52. The van der Waals surface area contributed by atoms with Crippen molar-refractivity contribution in [2.24, 2.45) is 0 Å². The zero-order valence-electron chi connectivity index (χ0n) is 11.3. The number of β-lactam (4-membered cyclic amide) rings is 1. The number of carboxylic acid groups (broad SMARTS) is 1. The Balaban J connectivity index is 1.58. The van der Waals surface area contributed by atoms with Gasteiger partial charge in [0.25, 0.3) is 0 Å². The number of thioether (sulfide) groups is 2. The number of carbonyl (C=O) groups excluding carboxylic acids is 1. The Bertz CT molecular complexity index is 588. The van der Waals surface area contributed by atoms with Gasteiger partial charge in [-0.25, -0.2) is 4.79 Å². The fourth-order valence-corrected chi connectivity index (χ4v) is 4.83. The first-order valence-electron chi connectivity index (χ1n) is 6.69. The molecule has 0 aromatic heterocycles. The van der Waals surface area contributed by atoms with Crippen LogP contribution in [-0.4, -0.2) is 39.1 Å². The number of fused-ring (bicyclic) bond motifs is 1. The summed E-state index contributed by atoms with van der Waals surface area (Å²) in [5.41, 5.74) is 1.26. The highest BCUT2D eigenvalue weighted by atomic mass is 32.2. The van der Waals surface area contributed by atoms with Crippen LogP contribution in [0.1, 0.15) is 12.0 Å². The minimum Gasteiger partial charge on any atom is -0.479 e. The van der Waals surface area contributed by atoms with Crippen molar-refractivity contribution in [2.45, 2.75) is 23.6 Å². The fraction of sp³-hybridized carbons (Fsp3) is 0.333. The molecule has 1 aromatic rings. The predicted molar refractivity (Wildman–Crippen MR) is 85.0 cm³/mol. The van der Waals surface area contributed by atoms with E-state index in [2.05, 4.69) is 12.1 Å². The van der Waals surface area contributed by atoms with Gasteiger partial charge < -0.3 is 10.0 Å². The maximum absolute atomic E-state index is 11.5. The van der Waals surface area contributed by atoms with E-state index in [1.165, 1.54) is 22.2 Å². The quantitative estimate of drug-likeness (QED) is 0.667. The number of carbonyl (C=O) groups is 2. The van der Waals surface area contributed by atoms with E-state index in [0.717, 1.165) is 16.4 Å². The molecule has 3 rings (SSSR count). The SMILES string of the molecule is O=C(O)C1C(=CCSCc2ccccc2)SC2CC(=O)N21. The lowest BCUT2D eigenvalue weighted by Gasteiger charge is -2.35. The van der Waals surface area contributed by atoms with E-state index in [0.29, 0.717) is 6.42 Å². The van der Waals surface area contributed by atoms with Crippen LogP contribution in [0, 0.1) is 0 Å². The number of hydrogen-bond donors (Lipinski definition) is 1. The molecular weight excluding hydrogens is 306 g/mol. The molecule has 4 nitrogen and oxygen atoms in total. The van der Waals surface area contributed by atoms with Gasteiger partial charge in [0.15, 0.2) is 6.04 Å². The second-order valence-electron chi connectivity index (χ2n) is 4.93. The van der Waals surface area contributed by atoms with Gasteiger partial charge in [-0.15, -0.1) is 11.8 Å². The largest absolute Gasteiger partial charge is 0.479 e. The lowest BCUT2D eigenvalue weighted by atomic mass is 10.1. The van der Waals surface area contributed by atoms with Crippen LogP contribution in [0.4, 0.5) is 0 Å². The summed E-state index contributed by atoms with van der Waals surface area (Å²) < 4.78 is 0. The van der Waals surface area contributed by atoms with Gasteiger partial charge in [0.05, 0.1) is 11.8 Å². The summed E-state index contributed by atoms with van der Waals surface area (Å²) in [7, 11) is 0. The molecule has 0 aliphatic carbocycles. The van der Waals surface area contributed by atoms with E-state index in [1.807, 2.05) is 24.3 Å². The molecule has 1 aromatic carbocycles. The fourth-order valence-electron chi connectivity index (χ4n) is 2.46. The summed E-state index contributed by atoms with van der Waals surface area (Å²) in [6.45, 7) is 0. The first-order chi connectivity index (χ1) is 10.2. The van der Waals surface area contributed by atoms with Crippen LogP contribution in [0.25, 0.3) is 0 Å². The molecule has 2 aliphatic rings. The summed E-state index contributed by atoms with van der Waals surface area (Å²) in [4.78, 5) is 25.1. The predicted octanol–water partition coefficient (Wildman–Crippen LogP) is 2.56. The standard InChI is InChI=1S/C15H15NO3S2/c17-12-8-13-16(12)14(15(18)19)11(21-13)6-7-20-9-10-4-2-1-3-5-10/h1-6,13-14H,7-9H2,(H,18,19). The molecule has 2 aliphatic heterocycles.